The van der Waals surface area contributed by atoms with Gasteiger partial charge < -0.3 is 34.3 Å². The number of hydrogen-bond acceptors (Lipinski definition) is 16. The molecule has 0 aromatic carbocycles. The van der Waals surface area contributed by atoms with E-state index < -0.39 is 84.8 Å². The van der Waals surface area contributed by atoms with Gasteiger partial charge in [-0.1, -0.05) is 17.0 Å². The minimum absolute atomic E-state index is 0.604. The van der Waals surface area contributed by atoms with Crippen LogP contribution in [0.5, 0.6) is 0 Å². The Morgan fingerprint density at radius 2 is 1.59 bits per heavy atom. The summed E-state index contributed by atoms with van der Waals surface area (Å²) in [5, 5.41) is 54.7. The van der Waals surface area contributed by atoms with Gasteiger partial charge in [0.05, 0.1) is 12.7 Å². The number of aliphatic hydroxyl groups is 3. The van der Waals surface area contributed by atoms with Gasteiger partial charge in [-0.25, -0.2) is 19.6 Å². The second-order valence-electron chi connectivity index (χ2n) is 6.93. The Bertz CT molecular complexity index is 662. The molecule has 18 heteroatoms. The average molecular weight is 498 g/mol. The molecule has 0 aromatic heterocycles. The van der Waals surface area contributed by atoms with Crippen molar-refractivity contribution in [2.24, 2.45) is 5.92 Å². The molecule has 0 amide bonds. The Hall–Kier alpha value is -0.650. The van der Waals surface area contributed by atoms with Crippen molar-refractivity contribution in [2.75, 3.05) is 20.3 Å². The lowest BCUT2D eigenvalue weighted by Crippen LogP contribution is -2.64. The third kappa shape index (κ3) is 6.70. The highest BCUT2D eigenvalue weighted by Gasteiger charge is 2.53. The highest BCUT2D eigenvalue weighted by molar-refractivity contribution is 7.80. The van der Waals surface area contributed by atoms with Crippen molar-refractivity contribution in [3.63, 3.8) is 0 Å². The third-order valence-corrected chi connectivity index (χ3v) is 5.47. The summed E-state index contributed by atoms with van der Waals surface area (Å²) in [5.74, 6) is -0.855. The van der Waals surface area contributed by atoms with Crippen LogP contribution >= 0.6 is 0 Å². The van der Waals surface area contributed by atoms with Gasteiger partial charge >= 0.3 is 10.4 Å². The van der Waals surface area contributed by atoms with Crippen molar-refractivity contribution in [1.29, 1.82) is 0 Å². The number of rotatable bonds is 11. The molecule has 2 aliphatic heterocycles. The highest BCUT2D eigenvalue weighted by Crippen LogP contribution is 2.34. The molecule has 2 rings (SSSR count). The van der Waals surface area contributed by atoms with Crippen molar-refractivity contribution in [3.05, 3.63) is 0 Å². The molecule has 2 saturated heterocycles. The van der Waals surface area contributed by atoms with Gasteiger partial charge in [-0.2, -0.15) is 13.3 Å². The molecule has 2 heterocycles. The third-order valence-electron chi connectivity index (χ3n) is 5.01. The van der Waals surface area contributed by atoms with Gasteiger partial charge in [0, 0.05) is 13.0 Å². The van der Waals surface area contributed by atoms with Gasteiger partial charge in [-0.3, -0.25) is 4.55 Å². The van der Waals surface area contributed by atoms with Crippen molar-refractivity contribution < 1.29 is 81.8 Å². The molecule has 6 N–H and O–H groups in total. The van der Waals surface area contributed by atoms with Crippen LogP contribution in [0.3, 0.4) is 0 Å². The Morgan fingerprint density at radius 1 is 0.938 bits per heavy atom. The fourth-order valence-electron chi connectivity index (χ4n) is 3.44. The van der Waals surface area contributed by atoms with E-state index in [1.54, 1.807) is 0 Å². The highest BCUT2D eigenvalue weighted by atomic mass is 32.3. The number of hydrogen-bond donors (Lipinski definition) is 6. The van der Waals surface area contributed by atoms with E-state index in [1.165, 1.54) is 6.92 Å². The molecule has 0 radical (unpaired) electrons. The smallest absolute Gasteiger partial charge is 0.394 e. The maximum atomic E-state index is 11.2. The fourth-order valence-corrected chi connectivity index (χ4v) is 3.92. The summed E-state index contributed by atoms with van der Waals surface area (Å²) in [6.07, 6.45) is -13.6. The molecule has 17 nitrogen and oxygen atoms in total. The second kappa shape index (κ2) is 12.2. The van der Waals surface area contributed by atoms with Crippen LogP contribution in [0, 0.1) is 5.92 Å². The van der Waals surface area contributed by atoms with E-state index in [0.717, 1.165) is 7.11 Å². The Labute approximate surface area is 181 Å². The van der Waals surface area contributed by atoms with E-state index in [4.69, 9.17) is 34.0 Å². The number of aliphatic hydroxyl groups excluding tert-OH is 3. The maximum absolute atomic E-state index is 11.2. The standard InChI is InChI=1S/C14H26O17S/c1-5-8(16)6(3-15)25-14(10(5)28-31-19)27-11-7(4-24-30-18)26-13(23-2)12(9(11)17)29-32(20,21)22/h5-19H,3-4H2,1-2H3,(H,20,21,22)/t5-,6?,7?,8+,9?,10?,11-,12-,13+,14-/m0/s1. The summed E-state index contributed by atoms with van der Waals surface area (Å²) >= 11 is 0. The van der Waals surface area contributed by atoms with E-state index >= 15 is 0 Å². The molecule has 2 aliphatic rings. The molecular formula is C14H26O17S. The van der Waals surface area contributed by atoms with E-state index in [-0.39, 0.29) is 0 Å². The van der Waals surface area contributed by atoms with E-state index in [1.807, 2.05) is 0 Å². The summed E-state index contributed by atoms with van der Waals surface area (Å²) in [7, 11) is -4.00. The lowest BCUT2D eigenvalue weighted by Gasteiger charge is -2.46. The first-order chi connectivity index (χ1) is 15.1. The molecule has 10 atom stereocenters. The van der Waals surface area contributed by atoms with E-state index in [0.29, 0.717) is 0 Å². The van der Waals surface area contributed by atoms with Crippen molar-refractivity contribution in [1.82, 2.24) is 0 Å². The number of ether oxygens (including phenoxy) is 4. The van der Waals surface area contributed by atoms with Gasteiger partial charge in [-0.05, 0) is 0 Å². The molecule has 0 aromatic rings. The summed E-state index contributed by atoms with van der Waals surface area (Å²) in [6, 6.07) is 0. The van der Waals surface area contributed by atoms with Crippen molar-refractivity contribution in [2.45, 2.75) is 62.2 Å². The van der Waals surface area contributed by atoms with Gasteiger partial charge in [0.1, 0.15) is 31.0 Å². The second-order valence-corrected chi connectivity index (χ2v) is 7.98. The quantitative estimate of drug-likeness (QED) is 0.0958. The van der Waals surface area contributed by atoms with Crippen LogP contribution in [0.2, 0.25) is 0 Å². The van der Waals surface area contributed by atoms with Gasteiger partial charge in [-0.15, -0.1) is 0 Å². The SMILES string of the molecule is CO[C@@H]1OC(COOO)[C@H](O[C@@H]2OC(CO)[C@H](O)[C@H](C)C2OOO)C(O)[C@@H]1OS(=O)(=O)O. The maximum Gasteiger partial charge on any atom is 0.397 e. The van der Waals surface area contributed by atoms with Crippen LogP contribution in [-0.4, -0.2) is 114 Å². The zero-order chi connectivity index (χ0) is 24.1. The Balaban J connectivity index is 2.32. The molecule has 0 spiro atoms. The molecule has 0 saturated carbocycles. The fraction of sp³-hybridized carbons (Fsp3) is 1.00. The average Bonchev–Trinajstić information content (AvgIpc) is 2.74. The first-order valence-corrected chi connectivity index (χ1v) is 10.5. The van der Waals surface area contributed by atoms with Crippen LogP contribution < -0.4 is 0 Å². The lowest BCUT2D eigenvalue weighted by molar-refractivity contribution is -0.532. The van der Waals surface area contributed by atoms with E-state index in [2.05, 4.69) is 24.0 Å². The van der Waals surface area contributed by atoms with Gasteiger partial charge in [0.15, 0.2) is 24.8 Å². The van der Waals surface area contributed by atoms with Crippen LogP contribution in [0.1, 0.15) is 6.92 Å². The minimum atomic E-state index is -5.09. The first kappa shape index (κ1) is 27.6. The summed E-state index contributed by atoms with van der Waals surface area (Å²) in [6.45, 7) is 0.203. The molecule has 0 aliphatic carbocycles. The summed E-state index contributed by atoms with van der Waals surface area (Å²) in [5.41, 5.74) is 0. The van der Waals surface area contributed by atoms with Gasteiger partial charge in [0.25, 0.3) is 0 Å². The van der Waals surface area contributed by atoms with Crippen molar-refractivity contribution in [3.8, 4) is 0 Å². The van der Waals surface area contributed by atoms with Crippen LogP contribution in [0.25, 0.3) is 0 Å². The molecule has 4 unspecified atom stereocenters. The van der Waals surface area contributed by atoms with E-state index in [9.17, 15) is 23.7 Å². The normalized spacial score (nSPS) is 41.0. The van der Waals surface area contributed by atoms with Crippen molar-refractivity contribution >= 4 is 10.4 Å². The largest absolute Gasteiger partial charge is 0.397 e. The summed E-state index contributed by atoms with van der Waals surface area (Å²) < 4.78 is 57.3. The van der Waals surface area contributed by atoms with Crippen LogP contribution in [-0.2, 0) is 53.4 Å². The zero-order valence-corrected chi connectivity index (χ0v) is 17.6. The lowest BCUT2D eigenvalue weighted by atomic mass is 9.90. The molecule has 190 valence electrons. The minimum Gasteiger partial charge on any atom is -0.394 e. The number of methoxy groups -OCH3 is 1. The van der Waals surface area contributed by atoms with Crippen LogP contribution in [0.4, 0.5) is 0 Å². The topological polar surface area (TPSA) is 239 Å². The predicted octanol–water partition coefficient (Wildman–Crippen LogP) is -2.78. The monoisotopic (exact) mass is 498 g/mol. The molecule has 0 bridgehead atoms. The first-order valence-electron chi connectivity index (χ1n) is 9.09. The predicted molar refractivity (Wildman–Crippen MR) is 92.1 cm³/mol. The molecular weight excluding hydrogens is 472 g/mol. The molecule has 2 fully saturated rings. The zero-order valence-electron chi connectivity index (χ0n) is 16.8. The molecule has 32 heavy (non-hydrogen) atoms. The Kier molecular flexibility index (Phi) is 10.5. The van der Waals surface area contributed by atoms with Gasteiger partial charge in [0.2, 0.25) is 0 Å². The summed E-state index contributed by atoms with van der Waals surface area (Å²) in [4.78, 5) is 9.05. The Morgan fingerprint density at radius 3 is 2.12 bits per heavy atom. The van der Waals surface area contributed by atoms with Crippen LogP contribution in [0.15, 0.2) is 0 Å².